The molecular weight excluding hydrogens is 511 g/mol. The molecule has 0 radical (unpaired) electrons. The minimum Gasteiger partial charge on any atom is -0.443 e. The lowest BCUT2D eigenvalue weighted by atomic mass is 10.2. The normalized spacial score (nSPS) is 11.2. The summed E-state index contributed by atoms with van der Waals surface area (Å²) in [5.41, 5.74) is 2.94. The van der Waals surface area contributed by atoms with Crippen LogP contribution in [-0.2, 0) is 13.1 Å². The lowest BCUT2D eigenvalue weighted by Gasteiger charge is -2.20. The zero-order chi connectivity index (χ0) is 20.1. The molecule has 4 rings (SSSR count). The van der Waals surface area contributed by atoms with Crippen molar-refractivity contribution < 1.29 is 4.42 Å². The van der Waals surface area contributed by atoms with E-state index in [1.165, 1.54) is 0 Å². The minimum atomic E-state index is 0. The summed E-state index contributed by atoms with van der Waals surface area (Å²) < 4.78 is 5.57. The van der Waals surface area contributed by atoms with Gasteiger partial charge < -0.3 is 19.6 Å². The summed E-state index contributed by atoms with van der Waals surface area (Å²) in [6, 6.07) is 14.1. The zero-order valence-corrected chi connectivity index (χ0v) is 19.8. The fourth-order valence-corrected chi connectivity index (χ4v) is 3.62. The van der Waals surface area contributed by atoms with Crippen LogP contribution in [0.3, 0.4) is 0 Å². The number of guanidine groups is 1. The Morgan fingerprint density at radius 1 is 1.23 bits per heavy atom. The molecule has 3 heterocycles. The molecule has 0 saturated heterocycles. The van der Waals surface area contributed by atoms with Gasteiger partial charge in [-0.3, -0.25) is 4.99 Å². The lowest BCUT2D eigenvalue weighted by molar-refractivity contribution is 0.463. The number of aromatic amines is 1. The Bertz CT molecular complexity index is 1070. The van der Waals surface area contributed by atoms with Gasteiger partial charge in [0.05, 0.1) is 35.6 Å². The second-order valence-corrected chi connectivity index (χ2v) is 7.44. The van der Waals surface area contributed by atoms with Crippen molar-refractivity contribution in [2.45, 2.75) is 13.1 Å². The number of oxazole rings is 1. The number of imidazole rings is 1. The second kappa shape index (κ2) is 10.4. The van der Waals surface area contributed by atoms with Crippen molar-refractivity contribution in [3.63, 3.8) is 0 Å². The minimum absolute atomic E-state index is 0. The van der Waals surface area contributed by atoms with Gasteiger partial charge in [-0.15, -0.1) is 35.3 Å². The first-order valence-electron chi connectivity index (χ1n) is 9.22. The number of aliphatic imine (C=N–C) groups is 1. The van der Waals surface area contributed by atoms with Crippen molar-refractivity contribution in [2.75, 3.05) is 14.1 Å². The Hall–Kier alpha value is -2.66. The molecular formula is C21H23IN6OS. The third-order valence-electron chi connectivity index (χ3n) is 4.38. The molecule has 0 bridgehead atoms. The SMILES string of the molecule is CN=C(NCc1coc(-c2cccs2)n1)N(C)Cc1ncc(-c2ccccc2)[nH]1.I. The van der Waals surface area contributed by atoms with Crippen molar-refractivity contribution in [2.24, 2.45) is 4.99 Å². The van der Waals surface area contributed by atoms with Crippen LogP contribution in [-0.4, -0.2) is 39.9 Å². The topological polar surface area (TPSA) is 82.3 Å². The summed E-state index contributed by atoms with van der Waals surface area (Å²) >= 11 is 1.61. The van der Waals surface area contributed by atoms with Crippen LogP contribution in [0, 0.1) is 0 Å². The van der Waals surface area contributed by atoms with E-state index in [-0.39, 0.29) is 24.0 Å². The highest BCUT2D eigenvalue weighted by Crippen LogP contribution is 2.23. The molecule has 0 fully saturated rings. The van der Waals surface area contributed by atoms with E-state index in [0.29, 0.717) is 19.0 Å². The molecule has 156 valence electrons. The van der Waals surface area contributed by atoms with Crippen LogP contribution in [0.5, 0.6) is 0 Å². The van der Waals surface area contributed by atoms with E-state index in [1.807, 2.05) is 53.9 Å². The Labute approximate surface area is 196 Å². The van der Waals surface area contributed by atoms with Gasteiger partial charge in [0.1, 0.15) is 12.1 Å². The molecule has 30 heavy (non-hydrogen) atoms. The number of halogens is 1. The average molecular weight is 534 g/mol. The highest BCUT2D eigenvalue weighted by atomic mass is 127. The van der Waals surface area contributed by atoms with E-state index in [2.05, 4.69) is 37.4 Å². The van der Waals surface area contributed by atoms with Gasteiger partial charge in [-0.1, -0.05) is 36.4 Å². The van der Waals surface area contributed by atoms with Gasteiger partial charge in [-0.05, 0) is 17.0 Å². The molecule has 0 amide bonds. The van der Waals surface area contributed by atoms with Gasteiger partial charge in [0, 0.05) is 14.1 Å². The maximum absolute atomic E-state index is 5.57. The number of nitrogens with one attached hydrogen (secondary N) is 2. The molecule has 0 aliphatic heterocycles. The van der Waals surface area contributed by atoms with E-state index >= 15 is 0 Å². The van der Waals surface area contributed by atoms with E-state index < -0.39 is 0 Å². The van der Waals surface area contributed by atoms with Crippen molar-refractivity contribution >= 4 is 41.3 Å². The molecule has 0 unspecified atom stereocenters. The molecule has 4 aromatic rings. The van der Waals surface area contributed by atoms with Crippen molar-refractivity contribution in [1.82, 2.24) is 25.2 Å². The van der Waals surface area contributed by atoms with Crippen molar-refractivity contribution in [3.8, 4) is 22.0 Å². The van der Waals surface area contributed by atoms with E-state index in [0.717, 1.165) is 33.6 Å². The third-order valence-corrected chi connectivity index (χ3v) is 5.24. The molecule has 0 atom stereocenters. The number of thiophene rings is 1. The van der Waals surface area contributed by atoms with E-state index in [9.17, 15) is 0 Å². The van der Waals surface area contributed by atoms with Crippen LogP contribution >= 0.6 is 35.3 Å². The molecule has 0 spiro atoms. The second-order valence-electron chi connectivity index (χ2n) is 6.49. The van der Waals surface area contributed by atoms with Gasteiger partial charge in [0.25, 0.3) is 0 Å². The Morgan fingerprint density at radius 2 is 2.07 bits per heavy atom. The summed E-state index contributed by atoms with van der Waals surface area (Å²) in [5.74, 6) is 2.27. The zero-order valence-electron chi connectivity index (χ0n) is 16.7. The number of hydrogen-bond donors (Lipinski definition) is 2. The van der Waals surface area contributed by atoms with Crippen LogP contribution in [0.2, 0.25) is 0 Å². The predicted octanol–water partition coefficient (Wildman–Crippen LogP) is 4.62. The Balaban J connectivity index is 0.00000256. The van der Waals surface area contributed by atoms with E-state index in [4.69, 9.17) is 4.42 Å². The maximum atomic E-state index is 5.57. The first kappa shape index (κ1) is 22.0. The van der Waals surface area contributed by atoms with Crippen LogP contribution in [0.4, 0.5) is 0 Å². The van der Waals surface area contributed by atoms with Crippen molar-refractivity contribution in [1.29, 1.82) is 0 Å². The molecule has 0 saturated carbocycles. The quantitative estimate of drug-likeness (QED) is 0.214. The first-order chi connectivity index (χ1) is 14.2. The van der Waals surface area contributed by atoms with Crippen LogP contribution in [0.1, 0.15) is 11.5 Å². The molecule has 1 aromatic carbocycles. The molecule has 7 nitrogen and oxygen atoms in total. The highest BCUT2D eigenvalue weighted by molar-refractivity contribution is 14.0. The summed E-state index contributed by atoms with van der Waals surface area (Å²) in [6.07, 6.45) is 3.53. The van der Waals surface area contributed by atoms with Crippen molar-refractivity contribution in [3.05, 3.63) is 71.8 Å². The lowest BCUT2D eigenvalue weighted by Crippen LogP contribution is -2.38. The molecule has 0 aliphatic rings. The fourth-order valence-electron chi connectivity index (χ4n) is 2.96. The number of aromatic nitrogens is 3. The van der Waals surface area contributed by atoms with Crippen LogP contribution in [0.15, 0.2) is 69.7 Å². The largest absolute Gasteiger partial charge is 0.443 e. The first-order valence-corrected chi connectivity index (χ1v) is 10.1. The summed E-state index contributed by atoms with van der Waals surface area (Å²) in [5, 5.41) is 5.32. The number of nitrogens with zero attached hydrogens (tertiary/aromatic N) is 4. The summed E-state index contributed by atoms with van der Waals surface area (Å²) in [4.78, 5) is 19.8. The van der Waals surface area contributed by atoms with Gasteiger partial charge >= 0.3 is 0 Å². The van der Waals surface area contributed by atoms with Crippen LogP contribution < -0.4 is 5.32 Å². The molecule has 9 heteroatoms. The van der Waals surface area contributed by atoms with Gasteiger partial charge in [0.2, 0.25) is 5.89 Å². The highest BCUT2D eigenvalue weighted by Gasteiger charge is 2.12. The van der Waals surface area contributed by atoms with E-state index in [1.54, 1.807) is 24.6 Å². The monoisotopic (exact) mass is 534 g/mol. The smallest absolute Gasteiger partial charge is 0.236 e. The summed E-state index contributed by atoms with van der Waals surface area (Å²) in [7, 11) is 3.73. The predicted molar refractivity (Wildman–Crippen MR) is 131 cm³/mol. The van der Waals surface area contributed by atoms with Gasteiger partial charge in [-0.2, -0.15) is 0 Å². The van der Waals surface area contributed by atoms with Crippen LogP contribution in [0.25, 0.3) is 22.0 Å². The average Bonchev–Trinajstić information content (AvgIpc) is 3.50. The maximum Gasteiger partial charge on any atom is 0.236 e. The Morgan fingerprint density at radius 3 is 2.80 bits per heavy atom. The fraction of sp³-hybridized carbons (Fsp3) is 0.190. The van der Waals surface area contributed by atoms with Gasteiger partial charge in [-0.25, -0.2) is 9.97 Å². The number of hydrogen-bond acceptors (Lipinski definition) is 5. The molecule has 0 aliphatic carbocycles. The number of H-pyrrole nitrogens is 1. The number of rotatable bonds is 6. The summed E-state index contributed by atoms with van der Waals surface area (Å²) in [6.45, 7) is 1.13. The Kier molecular flexibility index (Phi) is 7.63. The molecule has 3 aromatic heterocycles. The van der Waals surface area contributed by atoms with Gasteiger partial charge in [0.15, 0.2) is 5.96 Å². The standard InChI is InChI=1S/C21H22N6OS.HI/c1-22-21(24-11-16-14-28-20(25-16)18-9-6-10-29-18)27(2)13-19-23-12-17(26-19)15-7-4-3-5-8-15;/h3-10,12,14H,11,13H2,1-2H3,(H,22,24)(H,23,26);1H. The third kappa shape index (κ3) is 5.28. The molecule has 2 N–H and O–H groups in total. The number of benzene rings is 1.